The Morgan fingerprint density at radius 1 is 1.33 bits per heavy atom. The van der Waals surface area contributed by atoms with Crippen molar-refractivity contribution < 1.29 is 27.8 Å². The molecule has 8 heteroatoms. The van der Waals surface area contributed by atoms with E-state index < -0.39 is 30.3 Å². The van der Waals surface area contributed by atoms with Gasteiger partial charge in [0.15, 0.2) is 6.61 Å². The van der Waals surface area contributed by atoms with Gasteiger partial charge in [0.1, 0.15) is 5.75 Å². The topological polar surface area (TPSA) is 62.1 Å². The standard InChI is InChI=1S/C19H23F3N2O3/c1-12(2)13-7-9-14(10-8-13)27-11-17(25)24-18(26,19(20,21)22)15-5-3-4-6-16(15)23-24/h7-10,12,15,26H,3-6,11H2,1-2H3/t15-,18+/m0/s1. The Hall–Kier alpha value is -2.09. The number of aliphatic hydroxyl groups is 1. The molecule has 27 heavy (non-hydrogen) atoms. The molecule has 1 saturated carbocycles. The summed E-state index contributed by atoms with van der Waals surface area (Å²) in [6, 6.07) is 6.99. The third-order valence-corrected chi connectivity index (χ3v) is 5.18. The molecule has 0 saturated heterocycles. The normalized spacial score (nSPS) is 25.4. The zero-order chi connectivity index (χ0) is 19.8. The van der Waals surface area contributed by atoms with E-state index in [1.54, 1.807) is 12.1 Å². The van der Waals surface area contributed by atoms with Gasteiger partial charge in [0, 0.05) is 5.71 Å². The Labute approximate surface area is 155 Å². The number of amides is 1. The molecule has 0 radical (unpaired) electrons. The number of carbonyl (C=O) groups is 1. The van der Waals surface area contributed by atoms with E-state index in [0.717, 1.165) is 5.56 Å². The average Bonchev–Trinajstić information content (AvgIpc) is 2.94. The Bertz CT molecular complexity index is 731. The van der Waals surface area contributed by atoms with Gasteiger partial charge in [-0.1, -0.05) is 32.4 Å². The van der Waals surface area contributed by atoms with Crippen LogP contribution in [0.3, 0.4) is 0 Å². The monoisotopic (exact) mass is 384 g/mol. The predicted molar refractivity (Wildman–Crippen MR) is 93.3 cm³/mol. The van der Waals surface area contributed by atoms with Crippen LogP contribution in [-0.2, 0) is 4.79 Å². The predicted octanol–water partition coefficient (Wildman–Crippen LogP) is 3.83. The van der Waals surface area contributed by atoms with Gasteiger partial charge in [-0.05, 0) is 42.9 Å². The first-order valence-corrected chi connectivity index (χ1v) is 9.07. The SMILES string of the molecule is CC(C)c1ccc(OCC(=O)N2N=C3CCCC[C@@H]3[C@@]2(O)C(F)(F)F)cc1. The quantitative estimate of drug-likeness (QED) is 0.858. The fraction of sp³-hybridized carbons (Fsp3) is 0.579. The zero-order valence-corrected chi connectivity index (χ0v) is 15.3. The van der Waals surface area contributed by atoms with E-state index in [1.165, 1.54) is 0 Å². The number of fused-ring (bicyclic) bond motifs is 1. The lowest BCUT2D eigenvalue weighted by molar-refractivity contribution is -0.317. The molecule has 1 aliphatic carbocycles. The molecular formula is C19H23F3N2O3. The third-order valence-electron chi connectivity index (χ3n) is 5.18. The molecule has 3 rings (SSSR count). The third kappa shape index (κ3) is 3.54. The van der Waals surface area contributed by atoms with Crippen molar-refractivity contribution in [3.05, 3.63) is 29.8 Å². The second-order valence-electron chi connectivity index (χ2n) is 7.33. The Balaban J connectivity index is 1.75. The molecular weight excluding hydrogens is 361 g/mol. The summed E-state index contributed by atoms with van der Waals surface area (Å²) in [5.74, 6) is -1.54. The van der Waals surface area contributed by atoms with E-state index in [0.29, 0.717) is 30.9 Å². The van der Waals surface area contributed by atoms with Crippen LogP contribution in [-0.4, -0.2) is 40.2 Å². The van der Waals surface area contributed by atoms with Crippen LogP contribution < -0.4 is 4.74 Å². The van der Waals surface area contributed by atoms with Crippen LogP contribution in [0.2, 0.25) is 0 Å². The van der Waals surface area contributed by atoms with Gasteiger partial charge >= 0.3 is 6.18 Å². The lowest BCUT2D eigenvalue weighted by Gasteiger charge is -2.38. The molecule has 0 aromatic heterocycles. The van der Waals surface area contributed by atoms with Crippen LogP contribution in [0.15, 0.2) is 29.4 Å². The van der Waals surface area contributed by atoms with Crippen molar-refractivity contribution in [1.29, 1.82) is 0 Å². The molecule has 1 aliphatic heterocycles. The smallest absolute Gasteiger partial charge is 0.439 e. The lowest BCUT2D eigenvalue weighted by Crippen LogP contribution is -2.62. The van der Waals surface area contributed by atoms with Crippen molar-refractivity contribution in [1.82, 2.24) is 5.01 Å². The number of ether oxygens (including phenoxy) is 1. The number of rotatable bonds is 4. The van der Waals surface area contributed by atoms with Crippen molar-refractivity contribution in [2.24, 2.45) is 11.0 Å². The van der Waals surface area contributed by atoms with Gasteiger partial charge in [0.2, 0.25) is 0 Å². The molecule has 1 aromatic carbocycles. The minimum absolute atomic E-state index is 0.149. The molecule has 5 nitrogen and oxygen atoms in total. The number of carbonyl (C=O) groups excluding carboxylic acids is 1. The van der Waals surface area contributed by atoms with Gasteiger partial charge in [-0.15, -0.1) is 0 Å². The summed E-state index contributed by atoms with van der Waals surface area (Å²) in [6.45, 7) is 3.43. The van der Waals surface area contributed by atoms with E-state index in [1.807, 2.05) is 26.0 Å². The van der Waals surface area contributed by atoms with E-state index >= 15 is 0 Å². The molecule has 0 bridgehead atoms. The fourth-order valence-electron chi connectivity index (χ4n) is 3.62. The van der Waals surface area contributed by atoms with Crippen molar-refractivity contribution in [3.63, 3.8) is 0 Å². The maximum Gasteiger partial charge on any atom is 0.439 e. The van der Waals surface area contributed by atoms with Crippen molar-refractivity contribution in [3.8, 4) is 5.75 Å². The molecule has 1 fully saturated rings. The summed E-state index contributed by atoms with van der Waals surface area (Å²) in [7, 11) is 0. The van der Waals surface area contributed by atoms with Gasteiger partial charge in [-0.25, -0.2) is 0 Å². The van der Waals surface area contributed by atoms with Crippen LogP contribution >= 0.6 is 0 Å². The molecule has 1 amide bonds. The highest BCUT2D eigenvalue weighted by Crippen LogP contribution is 2.48. The average molecular weight is 384 g/mol. The van der Waals surface area contributed by atoms with Gasteiger partial charge in [0.25, 0.3) is 11.6 Å². The van der Waals surface area contributed by atoms with Gasteiger partial charge < -0.3 is 9.84 Å². The fourth-order valence-corrected chi connectivity index (χ4v) is 3.62. The molecule has 1 N–H and O–H groups in total. The lowest BCUT2D eigenvalue weighted by atomic mass is 9.80. The first-order valence-electron chi connectivity index (χ1n) is 9.07. The molecule has 1 aromatic rings. The Morgan fingerprint density at radius 2 is 2.00 bits per heavy atom. The van der Waals surface area contributed by atoms with Crippen LogP contribution in [0.4, 0.5) is 13.2 Å². The van der Waals surface area contributed by atoms with E-state index in [2.05, 4.69) is 5.10 Å². The van der Waals surface area contributed by atoms with E-state index in [9.17, 15) is 23.1 Å². The van der Waals surface area contributed by atoms with E-state index in [4.69, 9.17) is 4.74 Å². The highest BCUT2D eigenvalue weighted by atomic mass is 19.4. The minimum atomic E-state index is -5.01. The number of benzene rings is 1. The summed E-state index contributed by atoms with van der Waals surface area (Å²) in [5, 5.41) is 14.5. The van der Waals surface area contributed by atoms with E-state index in [-0.39, 0.29) is 17.1 Å². The Kier molecular flexibility index (Phi) is 5.20. The largest absolute Gasteiger partial charge is 0.484 e. The summed E-state index contributed by atoms with van der Waals surface area (Å²) >= 11 is 0. The minimum Gasteiger partial charge on any atom is -0.484 e. The highest BCUT2D eigenvalue weighted by Gasteiger charge is 2.68. The summed E-state index contributed by atoms with van der Waals surface area (Å²) in [4.78, 5) is 12.4. The summed E-state index contributed by atoms with van der Waals surface area (Å²) < 4.78 is 46.3. The highest BCUT2D eigenvalue weighted by molar-refractivity contribution is 5.93. The Morgan fingerprint density at radius 3 is 2.59 bits per heavy atom. The van der Waals surface area contributed by atoms with Crippen molar-refractivity contribution >= 4 is 11.6 Å². The number of hydrogen-bond donors (Lipinski definition) is 1. The molecule has 2 aliphatic rings. The van der Waals surface area contributed by atoms with Crippen LogP contribution in [0.25, 0.3) is 0 Å². The second-order valence-corrected chi connectivity index (χ2v) is 7.33. The van der Waals surface area contributed by atoms with Crippen LogP contribution in [0.1, 0.15) is 51.0 Å². The number of nitrogens with zero attached hydrogens (tertiary/aromatic N) is 2. The number of halogens is 3. The molecule has 1 heterocycles. The molecule has 0 unspecified atom stereocenters. The van der Waals surface area contributed by atoms with Crippen LogP contribution in [0.5, 0.6) is 5.75 Å². The number of hydrogen-bond acceptors (Lipinski definition) is 4. The first kappa shape index (κ1) is 19.7. The molecule has 148 valence electrons. The molecule has 0 spiro atoms. The number of hydrazone groups is 1. The van der Waals surface area contributed by atoms with Gasteiger partial charge in [0.05, 0.1) is 5.92 Å². The van der Waals surface area contributed by atoms with Gasteiger partial charge in [-0.2, -0.15) is 23.3 Å². The first-order chi connectivity index (χ1) is 12.6. The summed E-state index contributed by atoms with van der Waals surface area (Å²) in [6.07, 6.45) is -3.25. The molecule has 2 atom stereocenters. The van der Waals surface area contributed by atoms with Gasteiger partial charge in [-0.3, -0.25) is 4.79 Å². The number of alkyl halides is 3. The maximum atomic E-state index is 13.7. The summed E-state index contributed by atoms with van der Waals surface area (Å²) in [5.41, 5.74) is -1.99. The maximum absolute atomic E-state index is 13.7. The van der Waals surface area contributed by atoms with Crippen molar-refractivity contribution in [2.45, 2.75) is 57.3 Å². The van der Waals surface area contributed by atoms with Crippen molar-refractivity contribution in [2.75, 3.05) is 6.61 Å². The second kappa shape index (κ2) is 7.14. The van der Waals surface area contributed by atoms with Crippen LogP contribution in [0, 0.1) is 5.92 Å². The zero-order valence-electron chi connectivity index (χ0n) is 15.3.